The smallest absolute Gasteiger partial charge is 0.396 e. The molecule has 0 rings (SSSR count). The summed E-state index contributed by atoms with van der Waals surface area (Å²) in [7, 11) is 0. The van der Waals surface area contributed by atoms with Gasteiger partial charge in [-0.1, -0.05) is 6.58 Å². The Bertz CT molecular complexity index is 588. The average Bonchev–Trinajstić information content (AvgIpc) is 2.47. The molecule has 0 aromatic carbocycles. The second-order valence-corrected chi connectivity index (χ2v) is 5.37. The molecule has 3 unspecified atom stereocenters. The van der Waals surface area contributed by atoms with Crippen molar-refractivity contribution in [3.05, 3.63) is 12.4 Å². The summed E-state index contributed by atoms with van der Waals surface area (Å²) in [4.78, 5) is 0. The third-order valence-corrected chi connectivity index (χ3v) is 2.94. The lowest BCUT2D eigenvalue weighted by atomic mass is 10.2. The topological polar surface area (TPSA) is 68.2 Å². The van der Waals surface area contributed by atoms with E-state index in [0.717, 1.165) is 0 Å². The summed E-state index contributed by atoms with van der Waals surface area (Å²) in [5.74, 6) is -11.8. The number of halogens is 13. The highest BCUT2D eigenvalue weighted by Crippen LogP contribution is 2.46. The summed E-state index contributed by atoms with van der Waals surface area (Å²) in [5.41, 5.74) is 0. The molecule has 18 heteroatoms. The van der Waals surface area contributed by atoms with Crippen LogP contribution in [0, 0.1) is 5.92 Å². The minimum absolute atomic E-state index is 1.79. The highest BCUT2D eigenvalue weighted by Gasteiger charge is 2.71. The molecule has 0 radical (unpaired) electrons. The maximum absolute atomic E-state index is 13.9. The molecule has 0 saturated carbocycles. The van der Waals surface area contributed by atoms with E-state index < -0.39 is 68.0 Å². The summed E-state index contributed by atoms with van der Waals surface area (Å²) >= 11 is 0. The van der Waals surface area contributed by atoms with Gasteiger partial charge in [0.05, 0.1) is 13.2 Å². The van der Waals surface area contributed by atoms with Gasteiger partial charge in [-0.3, -0.25) is 4.74 Å². The highest BCUT2D eigenvalue weighted by atomic mass is 19.4. The van der Waals surface area contributed by atoms with Crippen LogP contribution in [0.25, 0.3) is 0 Å². The number of aliphatic hydroxyl groups excluding tert-OH is 1. The van der Waals surface area contributed by atoms with Crippen molar-refractivity contribution >= 4 is 0 Å². The number of hydrogen-bond acceptors (Lipinski definition) is 5. The Kier molecular flexibility index (Phi) is 8.60. The van der Waals surface area contributed by atoms with Crippen LogP contribution in [0.5, 0.6) is 0 Å². The number of ether oxygens (including phenoxy) is 3. The van der Waals surface area contributed by atoms with Gasteiger partial charge in [-0.05, 0) is 0 Å². The molecule has 0 spiro atoms. The first-order valence-corrected chi connectivity index (χ1v) is 6.95. The van der Waals surface area contributed by atoms with Crippen LogP contribution in [0.2, 0.25) is 0 Å². The molecule has 5 nitrogen and oxygen atoms in total. The largest absolute Gasteiger partial charge is 0.451 e. The molecular formula is C12H11F13O5. The Balaban J connectivity index is 5.61. The quantitative estimate of drug-likeness (QED) is 0.347. The zero-order chi connectivity index (χ0) is 24.4. The van der Waals surface area contributed by atoms with Crippen molar-refractivity contribution in [1.29, 1.82) is 0 Å². The van der Waals surface area contributed by atoms with Gasteiger partial charge in [-0.25, -0.2) is 9.13 Å². The van der Waals surface area contributed by atoms with E-state index in [4.69, 9.17) is 10.2 Å². The molecule has 0 bridgehead atoms. The van der Waals surface area contributed by atoms with Crippen molar-refractivity contribution < 1.29 is 81.5 Å². The fraction of sp³-hybridized carbons (Fsp3) is 0.833. The van der Waals surface area contributed by atoms with E-state index in [0.29, 0.717) is 0 Å². The molecule has 0 amide bonds. The van der Waals surface area contributed by atoms with Gasteiger partial charge in [0.15, 0.2) is 5.83 Å². The second kappa shape index (κ2) is 9.01. The Morgan fingerprint density at radius 1 is 0.867 bits per heavy atom. The van der Waals surface area contributed by atoms with Crippen LogP contribution in [0.1, 0.15) is 0 Å². The predicted molar refractivity (Wildman–Crippen MR) is 65.7 cm³/mol. The monoisotopic (exact) mass is 482 g/mol. The van der Waals surface area contributed by atoms with Gasteiger partial charge < -0.3 is 14.9 Å². The maximum atomic E-state index is 13.9. The summed E-state index contributed by atoms with van der Waals surface area (Å²) in [5, 5.41) is 16.9. The normalized spacial score (nSPS) is 19.2. The van der Waals surface area contributed by atoms with Crippen LogP contribution in [0.15, 0.2) is 12.4 Å². The summed E-state index contributed by atoms with van der Waals surface area (Å²) in [6, 6.07) is -6.31. The Morgan fingerprint density at radius 3 is 1.67 bits per heavy atom. The molecule has 0 heterocycles. The van der Waals surface area contributed by atoms with Crippen LogP contribution >= 0.6 is 0 Å². The molecule has 0 saturated heterocycles. The minimum atomic E-state index is -6.67. The van der Waals surface area contributed by atoms with Crippen LogP contribution < -0.4 is 0 Å². The summed E-state index contributed by atoms with van der Waals surface area (Å²) in [6.07, 6.45) is -24.3. The van der Waals surface area contributed by atoms with Crippen LogP contribution in [0.4, 0.5) is 57.1 Å². The van der Waals surface area contributed by atoms with Crippen molar-refractivity contribution in [3.8, 4) is 0 Å². The number of alkyl halides is 12. The third-order valence-electron chi connectivity index (χ3n) is 2.94. The van der Waals surface area contributed by atoms with Crippen molar-refractivity contribution in [2.75, 3.05) is 19.8 Å². The molecule has 2 N–H and O–H groups in total. The fourth-order valence-corrected chi connectivity index (χ4v) is 1.30. The Morgan fingerprint density at radius 2 is 1.33 bits per heavy atom. The van der Waals surface area contributed by atoms with E-state index in [2.05, 4.69) is 14.2 Å². The predicted octanol–water partition coefficient (Wildman–Crippen LogP) is 3.72. The molecule has 0 aliphatic carbocycles. The van der Waals surface area contributed by atoms with Crippen LogP contribution in [-0.4, -0.2) is 66.5 Å². The summed E-state index contributed by atoms with van der Waals surface area (Å²) < 4.78 is 175. The third kappa shape index (κ3) is 7.10. The van der Waals surface area contributed by atoms with Crippen molar-refractivity contribution in [2.24, 2.45) is 5.92 Å². The second-order valence-electron chi connectivity index (χ2n) is 5.37. The number of hydrogen-bond donors (Lipinski definition) is 2. The Hall–Kier alpha value is -1.37. The standard InChI is InChI=1S/C12H11F13O5/c1-5(13)9(18,19)30-12(25,27)11(23,24)29-7(14,10(20,21)22)4-28-3-6(2-26)8(15,16)17/h6,26-27H,1-4H2. The lowest BCUT2D eigenvalue weighted by Crippen LogP contribution is -2.59. The van der Waals surface area contributed by atoms with E-state index in [-0.39, 0.29) is 0 Å². The highest BCUT2D eigenvalue weighted by molar-refractivity contribution is 4.92. The van der Waals surface area contributed by atoms with E-state index in [1.54, 1.807) is 6.58 Å². The molecule has 0 aromatic heterocycles. The first-order chi connectivity index (χ1) is 13.0. The van der Waals surface area contributed by atoms with Crippen LogP contribution in [0.3, 0.4) is 0 Å². The zero-order valence-electron chi connectivity index (χ0n) is 13.9. The van der Waals surface area contributed by atoms with Crippen LogP contribution in [-0.2, 0) is 14.2 Å². The lowest BCUT2D eigenvalue weighted by Gasteiger charge is -2.35. The van der Waals surface area contributed by atoms with Crippen molar-refractivity contribution in [2.45, 2.75) is 36.5 Å². The first-order valence-electron chi connectivity index (χ1n) is 6.95. The van der Waals surface area contributed by atoms with E-state index in [9.17, 15) is 57.1 Å². The zero-order valence-corrected chi connectivity index (χ0v) is 13.9. The molecule has 3 atom stereocenters. The summed E-state index contributed by atoms with van der Waals surface area (Å²) in [6.45, 7) is -4.80. The molecule has 0 aliphatic rings. The SMILES string of the molecule is C=C(F)C(F)(F)OC(O)(F)C(F)(F)OC(F)(COCC(CO)C(F)(F)F)C(F)(F)F. The van der Waals surface area contributed by atoms with E-state index in [1.807, 2.05) is 0 Å². The van der Waals surface area contributed by atoms with E-state index >= 15 is 0 Å². The first kappa shape index (κ1) is 28.6. The average molecular weight is 482 g/mol. The molecule has 0 aliphatic heterocycles. The van der Waals surface area contributed by atoms with Gasteiger partial charge in [0.2, 0.25) is 0 Å². The van der Waals surface area contributed by atoms with Gasteiger partial charge in [0.1, 0.15) is 12.5 Å². The molecule has 180 valence electrons. The van der Waals surface area contributed by atoms with Gasteiger partial charge in [0.25, 0.3) is 0 Å². The molecule has 0 fully saturated rings. The lowest BCUT2D eigenvalue weighted by molar-refractivity contribution is -0.534. The molecule has 0 aromatic rings. The van der Waals surface area contributed by atoms with Crippen molar-refractivity contribution in [1.82, 2.24) is 0 Å². The van der Waals surface area contributed by atoms with Gasteiger partial charge in [0, 0.05) is 0 Å². The maximum Gasteiger partial charge on any atom is 0.451 e. The minimum Gasteiger partial charge on any atom is -0.396 e. The van der Waals surface area contributed by atoms with Gasteiger partial charge in [-0.2, -0.15) is 52.7 Å². The van der Waals surface area contributed by atoms with Gasteiger partial charge >= 0.3 is 36.5 Å². The van der Waals surface area contributed by atoms with E-state index in [1.165, 1.54) is 0 Å². The number of rotatable bonds is 11. The molecular weight excluding hydrogens is 471 g/mol. The van der Waals surface area contributed by atoms with Gasteiger partial charge in [-0.15, -0.1) is 0 Å². The Labute approximate surface area is 157 Å². The number of aliphatic hydroxyl groups is 2. The molecule has 30 heavy (non-hydrogen) atoms. The van der Waals surface area contributed by atoms with Crippen molar-refractivity contribution in [3.63, 3.8) is 0 Å². The fourth-order valence-electron chi connectivity index (χ4n) is 1.30.